The van der Waals surface area contributed by atoms with E-state index >= 15 is 0 Å². The largest absolute Gasteiger partial charge is 0.260 e. The number of hydrogen-bond acceptors (Lipinski definition) is 3. The Morgan fingerprint density at radius 3 is 2.21 bits per heavy atom. The van der Waals surface area contributed by atoms with Crippen LogP contribution in [-0.2, 0) is 4.62 Å². The van der Waals surface area contributed by atoms with Crippen LogP contribution in [-0.4, -0.2) is 23.3 Å². The van der Waals surface area contributed by atoms with Crippen LogP contribution in [0.1, 0.15) is 34.1 Å². The highest BCUT2D eigenvalue weighted by molar-refractivity contribution is 7.80. The summed E-state index contributed by atoms with van der Waals surface area (Å²) in [5.41, 5.74) is 0. The molecule has 0 saturated heterocycles. The van der Waals surface area contributed by atoms with Crippen LogP contribution < -0.4 is 0 Å². The van der Waals surface area contributed by atoms with Crippen LogP contribution in [0, 0.1) is 11.3 Å². The third-order valence-electron chi connectivity index (χ3n) is 1.60. The van der Waals surface area contributed by atoms with Crippen molar-refractivity contribution < 1.29 is 4.62 Å². The Balaban J connectivity index is 3.98. The minimum Gasteiger partial charge on any atom is -0.260 e. The summed E-state index contributed by atoms with van der Waals surface area (Å²) in [7, 11) is -1.02. The van der Waals surface area contributed by atoms with Gasteiger partial charge < -0.3 is 0 Å². The van der Waals surface area contributed by atoms with E-state index in [0.29, 0.717) is 24.7 Å². The molecule has 1 atom stereocenters. The van der Waals surface area contributed by atoms with E-state index < -0.39 is 7.50 Å². The molecule has 0 aromatic rings. The molecule has 82 valence electrons. The third kappa shape index (κ3) is 5.78. The van der Waals surface area contributed by atoms with Crippen LogP contribution in [0.5, 0.6) is 0 Å². The van der Waals surface area contributed by atoms with Gasteiger partial charge in [0.2, 0.25) is 0 Å². The van der Waals surface area contributed by atoms with Crippen molar-refractivity contribution >= 4 is 18.7 Å². The first kappa shape index (κ1) is 14.1. The predicted molar refractivity (Wildman–Crippen MR) is 61.1 cm³/mol. The second-order valence-corrected chi connectivity index (χ2v) is 5.96. The highest BCUT2D eigenvalue weighted by Crippen LogP contribution is 2.44. The van der Waals surface area contributed by atoms with Gasteiger partial charge in [-0.3, -0.25) is 4.62 Å². The molecule has 0 radical (unpaired) electrons. The second kappa shape index (κ2) is 7.43. The molecule has 0 aliphatic heterocycles. The van der Waals surface area contributed by atoms with Crippen molar-refractivity contribution in [3.05, 3.63) is 0 Å². The van der Waals surface area contributed by atoms with E-state index in [0.717, 1.165) is 0 Å². The monoisotopic (exact) mass is 236 g/mol. The van der Waals surface area contributed by atoms with Gasteiger partial charge >= 0.3 is 0 Å². The van der Waals surface area contributed by atoms with Gasteiger partial charge in [-0.05, 0) is 27.7 Å². The summed E-state index contributed by atoms with van der Waals surface area (Å²) in [6.45, 7) is 8.24. The van der Waals surface area contributed by atoms with Crippen molar-refractivity contribution in [2.75, 3.05) is 6.16 Å². The minimum atomic E-state index is -1.02. The number of hydrogen-bond donors (Lipinski definition) is 0. The maximum atomic E-state index is 8.40. The second-order valence-electron chi connectivity index (χ2n) is 3.58. The van der Waals surface area contributed by atoms with Crippen LogP contribution >= 0.6 is 18.7 Å². The maximum absolute atomic E-state index is 8.40. The van der Waals surface area contributed by atoms with Crippen LogP contribution in [0.4, 0.5) is 0 Å². The zero-order valence-electron chi connectivity index (χ0n) is 9.20. The lowest BCUT2D eigenvalue weighted by atomic mass is 10.3. The van der Waals surface area contributed by atoms with Crippen LogP contribution in [0.3, 0.4) is 0 Å². The van der Waals surface area contributed by atoms with Gasteiger partial charge in [-0.2, -0.15) is 10.3 Å². The van der Waals surface area contributed by atoms with Crippen molar-refractivity contribution in [3.63, 3.8) is 0 Å². The molecule has 1 unspecified atom stereocenters. The van der Waals surface area contributed by atoms with E-state index in [-0.39, 0.29) is 0 Å². The highest BCUT2D eigenvalue weighted by atomic mass is 35.7. The summed E-state index contributed by atoms with van der Waals surface area (Å²) in [5.74, 6) is 0. The van der Waals surface area contributed by atoms with E-state index in [1.807, 2.05) is 5.06 Å². The molecule has 0 aromatic heterocycles. The van der Waals surface area contributed by atoms with Crippen molar-refractivity contribution in [1.29, 1.82) is 5.26 Å². The molecule has 0 aliphatic rings. The number of nitriles is 1. The first-order chi connectivity index (χ1) is 6.49. The molecule has 0 bridgehead atoms. The van der Waals surface area contributed by atoms with Gasteiger partial charge in [0.15, 0.2) is 7.50 Å². The van der Waals surface area contributed by atoms with Crippen LogP contribution in [0.15, 0.2) is 0 Å². The molecule has 0 aromatic carbocycles. The van der Waals surface area contributed by atoms with Crippen molar-refractivity contribution in [1.82, 2.24) is 5.06 Å². The average molecular weight is 237 g/mol. The number of halogens is 1. The first-order valence-corrected chi connectivity index (χ1v) is 7.10. The molecule has 0 heterocycles. The lowest BCUT2D eigenvalue weighted by Crippen LogP contribution is -2.35. The van der Waals surface area contributed by atoms with Gasteiger partial charge in [0.05, 0.1) is 6.07 Å². The molecule has 0 spiro atoms. The molecule has 5 heteroatoms. The molecule has 14 heavy (non-hydrogen) atoms. The van der Waals surface area contributed by atoms with Gasteiger partial charge in [0.25, 0.3) is 0 Å². The van der Waals surface area contributed by atoms with Crippen molar-refractivity contribution in [3.8, 4) is 6.07 Å². The number of hydroxylamine groups is 2. The van der Waals surface area contributed by atoms with Gasteiger partial charge in [0.1, 0.15) is 0 Å². The third-order valence-corrected chi connectivity index (χ3v) is 3.23. The number of rotatable bonds is 6. The molecular formula is C9H18ClN2OP. The standard InChI is InChI=1S/C9H18ClN2OP/c1-8(2)12(9(3)4)13-14(10)7-5-6-11/h8-9H,5,7H2,1-4H3. The molecular weight excluding hydrogens is 219 g/mol. The minimum absolute atomic E-state index is 0.306. The zero-order chi connectivity index (χ0) is 11.1. The molecule has 0 N–H and O–H groups in total. The number of nitrogens with zero attached hydrogens (tertiary/aromatic N) is 2. The molecule has 0 aliphatic carbocycles. The normalized spacial score (nSPS) is 13.6. The van der Waals surface area contributed by atoms with Crippen molar-refractivity contribution in [2.45, 2.75) is 46.2 Å². The van der Waals surface area contributed by atoms with Crippen molar-refractivity contribution in [2.24, 2.45) is 0 Å². The molecule has 0 fully saturated rings. The summed E-state index contributed by atoms with van der Waals surface area (Å²) in [6, 6.07) is 2.68. The Kier molecular flexibility index (Phi) is 7.49. The summed E-state index contributed by atoms with van der Waals surface area (Å²) in [4.78, 5) is 0. The highest BCUT2D eigenvalue weighted by Gasteiger charge is 2.18. The Bertz CT molecular complexity index is 186. The van der Waals surface area contributed by atoms with E-state index in [4.69, 9.17) is 21.1 Å². The fraction of sp³-hybridized carbons (Fsp3) is 0.889. The topological polar surface area (TPSA) is 36.3 Å². The molecule has 0 rings (SSSR count). The fourth-order valence-corrected chi connectivity index (χ4v) is 2.47. The van der Waals surface area contributed by atoms with Gasteiger partial charge in [-0.15, -0.1) is 0 Å². The van der Waals surface area contributed by atoms with Crippen LogP contribution in [0.25, 0.3) is 0 Å². The Morgan fingerprint density at radius 2 is 1.86 bits per heavy atom. The van der Waals surface area contributed by atoms with Gasteiger partial charge in [-0.25, -0.2) is 0 Å². The lowest BCUT2D eigenvalue weighted by Gasteiger charge is -2.30. The zero-order valence-corrected chi connectivity index (χ0v) is 10.8. The van der Waals surface area contributed by atoms with E-state index in [1.165, 1.54) is 0 Å². The lowest BCUT2D eigenvalue weighted by molar-refractivity contribution is -0.0998. The summed E-state index contributed by atoms with van der Waals surface area (Å²) in [6.07, 6.45) is 1.09. The summed E-state index contributed by atoms with van der Waals surface area (Å²) < 4.78 is 5.59. The average Bonchev–Trinajstić information content (AvgIpc) is 2.09. The van der Waals surface area contributed by atoms with E-state index in [9.17, 15) is 0 Å². The van der Waals surface area contributed by atoms with Crippen LogP contribution in [0.2, 0.25) is 0 Å². The summed E-state index contributed by atoms with van der Waals surface area (Å²) in [5, 5.41) is 10.3. The summed E-state index contributed by atoms with van der Waals surface area (Å²) >= 11 is 5.99. The SMILES string of the molecule is CC(C)N(OP(Cl)CCC#N)C(C)C. The molecule has 0 saturated carbocycles. The maximum Gasteiger partial charge on any atom is 0.150 e. The molecule has 0 amide bonds. The smallest absolute Gasteiger partial charge is 0.150 e. The predicted octanol–water partition coefficient (Wildman–Crippen LogP) is 3.50. The quantitative estimate of drug-likeness (QED) is 0.523. The van der Waals surface area contributed by atoms with Gasteiger partial charge in [0, 0.05) is 24.7 Å². The Labute approximate surface area is 92.6 Å². The Morgan fingerprint density at radius 1 is 1.36 bits per heavy atom. The van der Waals surface area contributed by atoms with E-state index in [1.54, 1.807) is 0 Å². The first-order valence-electron chi connectivity index (χ1n) is 4.75. The fourth-order valence-electron chi connectivity index (χ4n) is 1.07. The Hall–Kier alpha value is 0.130. The van der Waals surface area contributed by atoms with E-state index in [2.05, 4.69) is 33.8 Å². The van der Waals surface area contributed by atoms with Gasteiger partial charge in [-0.1, -0.05) is 11.2 Å². The molecule has 3 nitrogen and oxygen atoms in total.